The average molecular weight is 762 g/mol. The number of rotatable bonds is 12. The number of nitrogens with zero attached hydrogens (tertiary/aromatic N) is 5. The maximum Gasteiger partial charge on any atom is 0.337 e. The summed E-state index contributed by atoms with van der Waals surface area (Å²) in [5, 5.41) is 0. The first-order valence-corrected chi connectivity index (χ1v) is 18.7. The van der Waals surface area contributed by atoms with Gasteiger partial charge in [-0.2, -0.15) is 0 Å². The van der Waals surface area contributed by atoms with Gasteiger partial charge in [-0.25, -0.2) is 19.6 Å². The average Bonchev–Trinajstić information content (AvgIpc) is 3.92. The molecule has 3 aromatic carbocycles. The standard InChI is InChI=1S/C16H20N2O3.C14H18N2O2.C13H13N3O/c1-3-21-16(19)14-10-18(11-15(14)17-12-20-2)9-13-7-5-4-6-8-13;1-2-18-14(17)12-9-16(10-13(12)15)8-11-6-4-3-5-7-11;17-13-11-7-16(8-12(11)14-9-15-13)6-10-4-2-1-3-5-10/h4-8,12H,3,9-11H2,1-2H3;3-7H,2,8-10,15H2,1H3;1-5,9H,6-8H2,(H,14,15,17). The van der Waals surface area contributed by atoms with Crippen molar-refractivity contribution in [3.8, 4) is 0 Å². The number of aliphatic imine (C=N–C) groups is 1. The van der Waals surface area contributed by atoms with Gasteiger partial charge in [0.25, 0.3) is 5.56 Å². The van der Waals surface area contributed by atoms with Crippen molar-refractivity contribution in [2.75, 3.05) is 46.5 Å². The number of hydrogen-bond acceptors (Lipinski definition) is 12. The van der Waals surface area contributed by atoms with Crippen LogP contribution in [0.25, 0.3) is 0 Å². The second-order valence-corrected chi connectivity index (χ2v) is 13.4. The Bertz CT molecular complexity index is 2030. The summed E-state index contributed by atoms with van der Waals surface area (Å²) in [7, 11) is 1.53. The molecule has 13 heteroatoms. The van der Waals surface area contributed by atoms with Gasteiger partial charge in [0.1, 0.15) is 0 Å². The van der Waals surface area contributed by atoms with Crippen LogP contribution in [0.15, 0.2) is 130 Å². The van der Waals surface area contributed by atoms with E-state index in [0.717, 1.165) is 37.4 Å². The Morgan fingerprint density at radius 2 is 1.20 bits per heavy atom. The summed E-state index contributed by atoms with van der Waals surface area (Å²) in [6.45, 7) is 10.6. The number of H-pyrrole nitrogens is 1. The van der Waals surface area contributed by atoms with Crippen molar-refractivity contribution >= 4 is 18.3 Å². The normalized spacial score (nSPS) is 15.6. The lowest BCUT2D eigenvalue weighted by Crippen LogP contribution is -2.23. The van der Waals surface area contributed by atoms with Gasteiger partial charge in [-0.3, -0.25) is 19.5 Å². The molecule has 0 saturated carbocycles. The molecule has 1 aromatic heterocycles. The van der Waals surface area contributed by atoms with Gasteiger partial charge < -0.3 is 24.9 Å². The zero-order valence-electron chi connectivity index (χ0n) is 32.4. The molecule has 0 atom stereocenters. The number of carbonyl (C=O) groups is 2. The number of esters is 2. The molecule has 13 nitrogen and oxygen atoms in total. The first kappa shape index (κ1) is 41.3. The van der Waals surface area contributed by atoms with Crippen LogP contribution in [0, 0.1) is 0 Å². The number of hydrogen-bond donors (Lipinski definition) is 2. The van der Waals surface area contributed by atoms with Gasteiger partial charge in [0.05, 0.1) is 54.8 Å². The van der Waals surface area contributed by atoms with E-state index < -0.39 is 0 Å². The van der Waals surface area contributed by atoms with Gasteiger partial charge in [0.2, 0.25) is 0 Å². The highest BCUT2D eigenvalue weighted by Gasteiger charge is 2.28. The first-order chi connectivity index (χ1) is 27.3. The minimum atomic E-state index is -0.295. The van der Waals surface area contributed by atoms with Crippen molar-refractivity contribution in [1.29, 1.82) is 0 Å². The summed E-state index contributed by atoms with van der Waals surface area (Å²) >= 11 is 0. The lowest BCUT2D eigenvalue weighted by Gasteiger charge is -2.15. The van der Waals surface area contributed by atoms with Crippen LogP contribution >= 0.6 is 0 Å². The molecule has 0 aliphatic carbocycles. The van der Waals surface area contributed by atoms with E-state index in [1.165, 1.54) is 36.5 Å². The van der Waals surface area contributed by atoms with E-state index in [0.29, 0.717) is 68.5 Å². The number of methoxy groups -OCH3 is 1. The van der Waals surface area contributed by atoms with Gasteiger partial charge in [-0.05, 0) is 30.5 Å². The quantitative estimate of drug-likeness (QED) is 0.119. The maximum atomic E-state index is 12.0. The number of benzene rings is 3. The number of carbonyl (C=O) groups excluding carboxylic acids is 2. The zero-order valence-corrected chi connectivity index (χ0v) is 32.4. The molecule has 3 aliphatic heterocycles. The molecular formula is C43H51N7O6. The van der Waals surface area contributed by atoms with E-state index in [1.807, 2.05) is 54.6 Å². The van der Waals surface area contributed by atoms with E-state index in [9.17, 15) is 14.4 Å². The lowest BCUT2D eigenvalue weighted by molar-refractivity contribution is -0.139. The van der Waals surface area contributed by atoms with Crippen LogP contribution in [-0.4, -0.2) is 89.5 Å². The van der Waals surface area contributed by atoms with Crippen LogP contribution < -0.4 is 11.3 Å². The number of aromatic nitrogens is 2. The molecule has 56 heavy (non-hydrogen) atoms. The van der Waals surface area contributed by atoms with Gasteiger partial charge >= 0.3 is 11.9 Å². The molecule has 4 heterocycles. The first-order valence-electron chi connectivity index (χ1n) is 18.7. The SMILES string of the molecule is CCOC(=O)C1=C(N)CN(Cc2ccccc2)C1.CCOC(=O)C1=C(N=COC)CN(Cc2ccccc2)C1.O=c1[nH]cnc2c1CN(Cc1ccccc1)C2. The molecule has 0 spiro atoms. The smallest absolute Gasteiger partial charge is 0.337 e. The summed E-state index contributed by atoms with van der Waals surface area (Å²) in [6.07, 6.45) is 2.83. The van der Waals surface area contributed by atoms with Crippen LogP contribution in [0.2, 0.25) is 0 Å². The third kappa shape index (κ3) is 12.1. The fourth-order valence-electron chi connectivity index (χ4n) is 6.56. The van der Waals surface area contributed by atoms with Gasteiger partial charge in [-0.1, -0.05) is 91.0 Å². The Morgan fingerprint density at radius 3 is 1.70 bits per heavy atom. The highest BCUT2D eigenvalue weighted by Crippen LogP contribution is 2.22. The highest BCUT2D eigenvalue weighted by molar-refractivity contribution is 5.91. The number of nitrogens with two attached hydrogens (primary N) is 1. The number of aromatic amines is 1. The molecule has 7 rings (SSSR count). The van der Waals surface area contributed by atoms with Crippen molar-refractivity contribution in [1.82, 2.24) is 24.7 Å². The van der Waals surface area contributed by atoms with Crippen molar-refractivity contribution < 1.29 is 23.8 Å². The van der Waals surface area contributed by atoms with Crippen LogP contribution in [0.5, 0.6) is 0 Å². The molecule has 0 bridgehead atoms. The molecule has 0 fully saturated rings. The van der Waals surface area contributed by atoms with E-state index in [2.05, 4.69) is 66.1 Å². The summed E-state index contributed by atoms with van der Waals surface area (Å²) in [6, 6.07) is 30.6. The summed E-state index contributed by atoms with van der Waals surface area (Å²) in [4.78, 5) is 52.8. The van der Waals surface area contributed by atoms with Crippen molar-refractivity contribution in [2.24, 2.45) is 10.7 Å². The van der Waals surface area contributed by atoms with Gasteiger partial charge in [-0.15, -0.1) is 0 Å². The molecule has 294 valence electrons. The Labute approximate surface area is 328 Å². The molecule has 3 N–H and O–H groups in total. The highest BCUT2D eigenvalue weighted by atomic mass is 16.5. The monoisotopic (exact) mass is 761 g/mol. The Kier molecular flexibility index (Phi) is 15.7. The van der Waals surface area contributed by atoms with Crippen molar-refractivity contribution in [2.45, 2.75) is 46.6 Å². The Hall–Kier alpha value is -5.89. The molecule has 4 aromatic rings. The summed E-state index contributed by atoms with van der Waals surface area (Å²) in [5.74, 6) is -0.582. The topological polar surface area (TPSA) is 156 Å². The Balaban J connectivity index is 0.000000162. The molecule has 0 radical (unpaired) electrons. The number of fused-ring (bicyclic) bond motifs is 1. The van der Waals surface area contributed by atoms with Crippen molar-refractivity contribution in [3.05, 3.63) is 158 Å². The molecule has 0 saturated heterocycles. The maximum absolute atomic E-state index is 12.0. The van der Waals surface area contributed by atoms with Crippen LogP contribution in [0.3, 0.4) is 0 Å². The van der Waals surface area contributed by atoms with Crippen LogP contribution in [0.4, 0.5) is 0 Å². The second-order valence-electron chi connectivity index (χ2n) is 13.4. The molecule has 0 amide bonds. The van der Waals surface area contributed by atoms with Gasteiger partial charge in [0.15, 0.2) is 6.40 Å². The second kappa shape index (κ2) is 21.3. The number of nitrogens with one attached hydrogen (secondary N) is 1. The van der Waals surface area contributed by atoms with E-state index in [4.69, 9.17) is 19.9 Å². The van der Waals surface area contributed by atoms with E-state index >= 15 is 0 Å². The molecular weight excluding hydrogens is 711 g/mol. The summed E-state index contributed by atoms with van der Waals surface area (Å²) < 4.78 is 14.9. The van der Waals surface area contributed by atoms with Crippen molar-refractivity contribution in [3.63, 3.8) is 0 Å². The fourth-order valence-corrected chi connectivity index (χ4v) is 6.56. The lowest BCUT2D eigenvalue weighted by atomic mass is 10.2. The predicted octanol–water partition coefficient (Wildman–Crippen LogP) is 4.56. The predicted molar refractivity (Wildman–Crippen MR) is 215 cm³/mol. The van der Waals surface area contributed by atoms with Crippen LogP contribution in [-0.2, 0) is 56.5 Å². The molecule has 0 unspecified atom stereocenters. The fraction of sp³-hybridized carbons (Fsp3) is 0.326. The minimum Gasteiger partial charge on any atom is -0.486 e. The largest absolute Gasteiger partial charge is 0.486 e. The van der Waals surface area contributed by atoms with E-state index in [-0.39, 0.29) is 17.5 Å². The summed E-state index contributed by atoms with van der Waals surface area (Å²) in [5.41, 5.74) is 13.8. The Morgan fingerprint density at radius 1 is 0.714 bits per heavy atom. The van der Waals surface area contributed by atoms with Gasteiger partial charge in [0, 0.05) is 64.6 Å². The number of ether oxygens (including phenoxy) is 3. The zero-order chi connectivity index (χ0) is 39.7. The molecule has 3 aliphatic rings. The third-order valence-corrected chi connectivity index (χ3v) is 9.16. The van der Waals surface area contributed by atoms with E-state index in [1.54, 1.807) is 13.8 Å². The van der Waals surface area contributed by atoms with Crippen LogP contribution in [0.1, 0.15) is 41.8 Å². The minimum absolute atomic E-state index is 0.00874. The third-order valence-electron chi connectivity index (χ3n) is 9.16.